The molecule has 0 fully saturated rings. The lowest BCUT2D eigenvalue weighted by atomic mass is 10.3. The van der Waals surface area contributed by atoms with Crippen LogP contribution >= 0.6 is 34.6 Å². The molecule has 112 valence electrons. The van der Waals surface area contributed by atoms with Crippen LogP contribution in [0.3, 0.4) is 0 Å². The molecule has 0 bridgehead atoms. The molecule has 3 aromatic rings. The predicted molar refractivity (Wildman–Crippen MR) is 88.4 cm³/mol. The summed E-state index contributed by atoms with van der Waals surface area (Å²) in [7, 11) is 0. The molecule has 0 amide bonds. The first-order valence-corrected chi connectivity index (χ1v) is 8.40. The number of fused-ring (bicyclic) bond motifs is 1. The maximum atomic E-state index is 12.4. The van der Waals surface area contributed by atoms with E-state index in [4.69, 9.17) is 10.8 Å². The van der Waals surface area contributed by atoms with Crippen LogP contribution in [-0.4, -0.2) is 37.0 Å². The summed E-state index contributed by atoms with van der Waals surface area (Å²) >= 11 is 3.31. The highest BCUT2D eigenvalue weighted by molar-refractivity contribution is 8.16. The molecular weight excluding hydrogens is 342 g/mol. The predicted octanol–water partition coefficient (Wildman–Crippen LogP) is 1.79. The minimum Gasteiger partial charge on any atom is -0.375 e. The van der Waals surface area contributed by atoms with Crippen molar-refractivity contribution in [1.29, 1.82) is 0 Å². The summed E-state index contributed by atoms with van der Waals surface area (Å²) < 4.78 is 5.54. The molecule has 22 heavy (non-hydrogen) atoms. The zero-order valence-electron chi connectivity index (χ0n) is 11.0. The number of hydrogen-bond acceptors (Lipinski definition) is 10. The van der Waals surface area contributed by atoms with E-state index in [0.29, 0.717) is 4.34 Å². The van der Waals surface area contributed by atoms with Crippen LogP contribution in [-0.2, 0) is 4.79 Å². The number of thioether (sulfide) groups is 1. The van der Waals surface area contributed by atoms with Crippen LogP contribution in [0.4, 0.5) is 5.13 Å². The fourth-order valence-corrected chi connectivity index (χ4v) is 4.00. The van der Waals surface area contributed by atoms with Crippen LogP contribution in [0.1, 0.15) is 5.82 Å². The number of anilines is 1. The number of aliphatic imine (C=N–C) groups is 1. The smallest absolute Gasteiger partial charge is 0.248 e. The van der Waals surface area contributed by atoms with Crippen molar-refractivity contribution in [3.63, 3.8) is 0 Å². The number of benzene rings is 1. The van der Waals surface area contributed by atoms with Gasteiger partial charge in [0, 0.05) is 11.5 Å². The van der Waals surface area contributed by atoms with Gasteiger partial charge in [-0.3, -0.25) is 4.79 Å². The lowest BCUT2D eigenvalue weighted by molar-refractivity contribution is -0.105. The molecule has 0 aliphatic heterocycles. The fraction of sp³-hybridized carbons (Fsp3) is 0.0833. The molecular formula is C12H9N5O2S3. The second-order valence-corrected chi connectivity index (χ2v) is 6.98. The van der Waals surface area contributed by atoms with Crippen LogP contribution in [0.25, 0.3) is 10.2 Å². The average molecular weight is 351 g/mol. The van der Waals surface area contributed by atoms with Crippen LogP contribution in [0, 0.1) is 0 Å². The minimum atomic E-state index is -0.527. The molecule has 3 rings (SSSR count). The van der Waals surface area contributed by atoms with E-state index in [1.165, 1.54) is 11.3 Å². The third-order valence-corrected chi connectivity index (χ3v) is 5.05. The quantitative estimate of drug-likeness (QED) is 0.544. The lowest BCUT2D eigenvalue weighted by Gasteiger charge is -1.98. The number of para-hydroxylation sites is 1. The van der Waals surface area contributed by atoms with E-state index in [1.54, 1.807) is 0 Å². The Kier molecular flexibility index (Phi) is 4.43. The molecule has 0 atom stereocenters. The topological polar surface area (TPSA) is 114 Å². The maximum absolute atomic E-state index is 12.4. The van der Waals surface area contributed by atoms with E-state index in [1.807, 2.05) is 24.3 Å². The molecule has 0 saturated heterocycles. The molecule has 0 unspecified atom stereocenters. The van der Waals surface area contributed by atoms with Crippen molar-refractivity contribution < 1.29 is 9.90 Å². The highest BCUT2D eigenvalue weighted by Gasteiger charge is 2.21. The van der Waals surface area contributed by atoms with Gasteiger partial charge in [-0.1, -0.05) is 12.1 Å². The first-order chi connectivity index (χ1) is 10.7. The monoisotopic (exact) mass is 351 g/mol. The number of rotatable bonds is 4. The van der Waals surface area contributed by atoms with Gasteiger partial charge in [0.1, 0.15) is 6.73 Å². The Bertz CT molecular complexity index is 824. The number of nitrogens with zero attached hydrogens (tertiary/aromatic N) is 4. The standard InChI is InChI=1S/C12H9N5O2S3/c13-11-16-9(17-22-11)8(14-5-18)10(19)21-12-15-6-3-1-2-4-7(6)20-12/h1-4,18H,5H2,(H2,13,16,17). The normalized spacial score (nSPS) is 12.0. The SMILES string of the molecule is Nc1nc(C(=NCO)C(=O)Sc2nc3ccccc3s2)ns1. The fourth-order valence-electron chi connectivity index (χ4n) is 1.65. The first-order valence-electron chi connectivity index (χ1n) is 6.00. The van der Waals surface area contributed by atoms with Crippen LogP contribution in [0.15, 0.2) is 33.6 Å². The van der Waals surface area contributed by atoms with Gasteiger partial charge in [0.25, 0.3) is 0 Å². The Morgan fingerprint density at radius 1 is 1.36 bits per heavy atom. The highest BCUT2D eigenvalue weighted by atomic mass is 32.2. The van der Waals surface area contributed by atoms with Crippen molar-refractivity contribution in [2.45, 2.75) is 4.34 Å². The second-order valence-electron chi connectivity index (χ2n) is 3.94. The van der Waals surface area contributed by atoms with E-state index in [-0.39, 0.29) is 21.8 Å². The van der Waals surface area contributed by atoms with Gasteiger partial charge in [0.05, 0.1) is 10.2 Å². The number of nitrogen functional groups attached to an aromatic ring is 1. The highest BCUT2D eigenvalue weighted by Crippen LogP contribution is 2.30. The largest absolute Gasteiger partial charge is 0.375 e. The van der Waals surface area contributed by atoms with Crippen molar-refractivity contribution in [1.82, 2.24) is 14.3 Å². The maximum Gasteiger partial charge on any atom is 0.248 e. The number of carbonyl (C=O) groups excluding carboxylic acids is 1. The third-order valence-electron chi connectivity index (χ3n) is 2.53. The Hall–Kier alpha value is -1.88. The molecule has 0 aliphatic carbocycles. The van der Waals surface area contributed by atoms with Gasteiger partial charge in [0.2, 0.25) is 5.12 Å². The number of aliphatic hydroxyl groups is 1. The Labute approximate surface area is 137 Å². The van der Waals surface area contributed by atoms with Crippen molar-refractivity contribution in [3.8, 4) is 0 Å². The van der Waals surface area contributed by atoms with Crippen molar-refractivity contribution in [2.24, 2.45) is 4.99 Å². The van der Waals surface area contributed by atoms with Crippen LogP contribution < -0.4 is 5.73 Å². The molecule has 1 aromatic carbocycles. The van der Waals surface area contributed by atoms with Crippen molar-refractivity contribution in [2.75, 3.05) is 12.5 Å². The number of aromatic nitrogens is 3. The molecule has 3 N–H and O–H groups in total. The molecule has 0 aliphatic rings. The lowest BCUT2D eigenvalue weighted by Crippen LogP contribution is -2.14. The number of aliphatic hydroxyl groups excluding tert-OH is 1. The number of nitrogens with two attached hydrogens (primary N) is 1. The Balaban J connectivity index is 1.86. The van der Waals surface area contributed by atoms with Gasteiger partial charge in [-0.05, 0) is 23.9 Å². The summed E-state index contributed by atoms with van der Waals surface area (Å²) in [6.07, 6.45) is 0. The van der Waals surface area contributed by atoms with Crippen LogP contribution in [0.2, 0.25) is 0 Å². The minimum absolute atomic E-state index is 0.0142. The van der Waals surface area contributed by atoms with E-state index < -0.39 is 6.73 Å². The third kappa shape index (κ3) is 3.14. The molecule has 7 nitrogen and oxygen atoms in total. The van der Waals surface area contributed by atoms with Crippen molar-refractivity contribution >= 4 is 60.8 Å². The van der Waals surface area contributed by atoms with Gasteiger partial charge in [-0.2, -0.15) is 9.36 Å². The molecule has 0 radical (unpaired) electrons. The zero-order chi connectivity index (χ0) is 15.5. The summed E-state index contributed by atoms with van der Waals surface area (Å²) in [4.78, 5) is 24.4. The summed E-state index contributed by atoms with van der Waals surface area (Å²) in [5.41, 5.74) is 6.33. The van der Waals surface area contributed by atoms with E-state index >= 15 is 0 Å². The summed E-state index contributed by atoms with van der Waals surface area (Å²) in [5, 5.41) is 8.84. The molecule has 0 spiro atoms. The van der Waals surface area contributed by atoms with Crippen LogP contribution in [0.5, 0.6) is 0 Å². The first kappa shape index (κ1) is 15.0. The number of thiazole rings is 1. The van der Waals surface area contributed by atoms with E-state index in [0.717, 1.165) is 33.5 Å². The molecule has 2 aromatic heterocycles. The molecule has 0 saturated carbocycles. The van der Waals surface area contributed by atoms with Gasteiger partial charge in [0.15, 0.2) is 21.0 Å². The molecule has 2 heterocycles. The summed E-state index contributed by atoms with van der Waals surface area (Å²) in [5.74, 6) is 0.121. The number of hydrogen-bond donors (Lipinski definition) is 2. The Morgan fingerprint density at radius 2 is 2.18 bits per heavy atom. The number of carbonyl (C=O) groups is 1. The van der Waals surface area contributed by atoms with Gasteiger partial charge in [-0.25, -0.2) is 9.98 Å². The van der Waals surface area contributed by atoms with E-state index in [2.05, 4.69) is 19.3 Å². The van der Waals surface area contributed by atoms with Crippen molar-refractivity contribution in [3.05, 3.63) is 30.1 Å². The van der Waals surface area contributed by atoms with Gasteiger partial charge >= 0.3 is 0 Å². The van der Waals surface area contributed by atoms with Gasteiger partial charge < -0.3 is 10.8 Å². The average Bonchev–Trinajstić information content (AvgIpc) is 3.10. The molecule has 10 heteroatoms. The van der Waals surface area contributed by atoms with E-state index in [9.17, 15) is 4.79 Å². The second kappa shape index (κ2) is 6.48. The summed E-state index contributed by atoms with van der Waals surface area (Å²) in [6.45, 7) is -0.527. The zero-order valence-corrected chi connectivity index (χ0v) is 13.4. The Morgan fingerprint density at radius 3 is 2.86 bits per heavy atom. The summed E-state index contributed by atoms with van der Waals surface area (Å²) in [6, 6.07) is 7.62. The van der Waals surface area contributed by atoms with Gasteiger partial charge in [-0.15, -0.1) is 11.3 Å².